The number of benzene rings is 2. The first-order chi connectivity index (χ1) is 14.1. The molecular weight excluding hydrogens is 404 g/mol. The number of aromatic nitrogens is 1. The van der Waals surface area contributed by atoms with E-state index in [1.165, 1.54) is 17.2 Å². The Hall–Kier alpha value is -2.71. The molecule has 1 aromatic heterocycles. The van der Waals surface area contributed by atoms with Crippen molar-refractivity contribution in [1.82, 2.24) is 9.27 Å². The molecule has 1 aliphatic heterocycles. The van der Waals surface area contributed by atoms with Crippen molar-refractivity contribution in [1.29, 1.82) is 0 Å². The van der Waals surface area contributed by atoms with Gasteiger partial charge in [-0.15, -0.1) is 0 Å². The lowest BCUT2D eigenvalue weighted by Crippen LogP contribution is -2.50. The third-order valence-corrected chi connectivity index (χ3v) is 6.18. The number of carbonyl (C=O) groups excluding carboxylic acids is 1. The number of anilines is 2. The quantitative estimate of drug-likeness (QED) is 0.506. The summed E-state index contributed by atoms with van der Waals surface area (Å²) in [6.45, 7) is 3.46. The summed E-state index contributed by atoms with van der Waals surface area (Å²) in [6, 6.07) is 16.0. The minimum atomic E-state index is -0.244. The Morgan fingerprint density at radius 1 is 1.14 bits per heavy atom. The van der Waals surface area contributed by atoms with Gasteiger partial charge in [-0.1, -0.05) is 24.3 Å². The van der Waals surface area contributed by atoms with Crippen molar-refractivity contribution in [2.75, 3.05) is 43.5 Å². The molecular formula is C21H22N4O2S2. The highest BCUT2D eigenvalue weighted by molar-refractivity contribution is 7.80. The SMILES string of the molecule is COC(=O)Cc1ccc(NC(=S)N2CCN(c3nsc4ccccc34)CC2)cc1. The molecule has 0 aliphatic carbocycles. The summed E-state index contributed by atoms with van der Waals surface area (Å²) in [4.78, 5) is 15.9. The van der Waals surface area contributed by atoms with Gasteiger partial charge in [0.2, 0.25) is 0 Å². The molecule has 8 heteroatoms. The van der Waals surface area contributed by atoms with Crippen molar-refractivity contribution in [3.8, 4) is 0 Å². The van der Waals surface area contributed by atoms with Crippen LogP contribution in [0.5, 0.6) is 0 Å². The Labute approximate surface area is 179 Å². The summed E-state index contributed by atoms with van der Waals surface area (Å²) in [5.41, 5.74) is 1.83. The van der Waals surface area contributed by atoms with Crippen LogP contribution >= 0.6 is 23.8 Å². The number of hydrogen-bond donors (Lipinski definition) is 1. The van der Waals surface area contributed by atoms with Crippen LogP contribution in [-0.2, 0) is 16.0 Å². The molecule has 2 heterocycles. The van der Waals surface area contributed by atoms with Crippen LogP contribution < -0.4 is 10.2 Å². The number of fused-ring (bicyclic) bond motifs is 1. The first kappa shape index (κ1) is 19.6. The second kappa shape index (κ2) is 8.75. The molecule has 0 unspecified atom stereocenters. The fourth-order valence-corrected chi connectivity index (χ4v) is 4.47. The number of thiocarbonyl (C=S) groups is 1. The van der Waals surface area contributed by atoms with Crippen LogP contribution in [0, 0.1) is 0 Å². The zero-order valence-electron chi connectivity index (χ0n) is 16.1. The lowest BCUT2D eigenvalue weighted by Gasteiger charge is -2.36. The third-order valence-electron chi connectivity index (χ3n) is 5.01. The maximum absolute atomic E-state index is 11.4. The second-order valence-electron chi connectivity index (χ2n) is 6.86. The molecule has 0 radical (unpaired) electrons. The predicted molar refractivity (Wildman–Crippen MR) is 122 cm³/mol. The van der Waals surface area contributed by atoms with Gasteiger partial charge in [0, 0.05) is 37.3 Å². The van der Waals surface area contributed by atoms with Gasteiger partial charge in [0.05, 0.1) is 18.2 Å². The molecule has 6 nitrogen and oxygen atoms in total. The van der Waals surface area contributed by atoms with Crippen molar-refractivity contribution in [2.45, 2.75) is 6.42 Å². The van der Waals surface area contributed by atoms with Gasteiger partial charge in [-0.25, -0.2) is 0 Å². The van der Waals surface area contributed by atoms with E-state index in [0.717, 1.165) is 43.2 Å². The van der Waals surface area contributed by atoms with Crippen molar-refractivity contribution in [3.05, 3.63) is 54.1 Å². The topological polar surface area (TPSA) is 57.7 Å². The number of nitrogens with one attached hydrogen (secondary N) is 1. The van der Waals surface area contributed by atoms with E-state index in [0.29, 0.717) is 5.11 Å². The summed E-state index contributed by atoms with van der Waals surface area (Å²) < 4.78 is 10.6. The average molecular weight is 427 g/mol. The zero-order chi connectivity index (χ0) is 20.2. The number of methoxy groups -OCH3 is 1. The number of ether oxygens (including phenoxy) is 1. The van der Waals surface area contributed by atoms with Crippen LogP contribution in [0.1, 0.15) is 5.56 Å². The van der Waals surface area contributed by atoms with E-state index in [9.17, 15) is 4.79 Å². The van der Waals surface area contributed by atoms with Crippen molar-refractivity contribution >= 4 is 56.4 Å². The molecule has 4 rings (SSSR count). The molecule has 1 N–H and O–H groups in total. The molecule has 0 saturated carbocycles. The molecule has 2 aromatic carbocycles. The van der Waals surface area contributed by atoms with Gasteiger partial charge >= 0.3 is 5.97 Å². The van der Waals surface area contributed by atoms with Crippen molar-refractivity contribution < 1.29 is 9.53 Å². The number of nitrogens with zero attached hydrogens (tertiary/aromatic N) is 3. The van der Waals surface area contributed by atoms with E-state index in [1.807, 2.05) is 30.3 Å². The largest absolute Gasteiger partial charge is 0.469 e. The molecule has 0 atom stereocenters. The minimum Gasteiger partial charge on any atom is -0.469 e. The molecule has 150 valence electrons. The third kappa shape index (κ3) is 4.49. The normalized spacial score (nSPS) is 14.1. The van der Waals surface area contributed by atoms with Gasteiger partial charge in [0.15, 0.2) is 5.11 Å². The number of piperazine rings is 1. The zero-order valence-corrected chi connectivity index (χ0v) is 17.8. The average Bonchev–Trinajstić information content (AvgIpc) is 3.19. The molecule has 0 amide bonds. The molecule has 29 heavy (non-hydrogen) atoms. The number of esters is 1. The number of carbonyl (C=O) groups is 1. The highest BCUT2D eigenvalue weighted by Gasteiger charge is 2.22. The molecule has 3 aromatic rings. The Balaban J connectivity index is 1.32. The van der Waals surface area contributed by atoms with Crippen LogP contribution in [0.15, 0.2) is 48.5 Å². The summed E-state index contributed by atoms with van der Waals surface area (Å²) in [7, 11) is 1.40. The molecule has 0 spiro atoms. The lowest BCUT2D eigenvalue weighted by atomic mass is 10.1. The fourth-order valence-electron chi connectivity index (χ4n) is 3.37. The highest BCUT2D eigenvalue weighted by Crippen LogP contribution is 2.29. The summed E-state index contributed by atoms with van der Waals surface area (Å²) in [6.07, 6.45) is 0.272. The van der Waals surface area contributed by atoms with E-state index in [-0.39, 0.29) is 12.4 Å². The van der Waals surface area contributed by atoms with E-state index < -0.39 is 0 Å². The van der Waals surface area contributed by atoms with Gasteiger partial charge in [-0.05, 0) is 53.6 Å². The van der Waals surface area contributed by atoms with E-state index in [1.54, 1.807) is 11.5 Å². The van der Waals surface area contributed by atoms with Gasteiger partial charge in [0.1, 0.15) is 5.82 Å². The lowest BCUT2D eigenvalue weighted by molar-refractivity contribution is -0.139. The monoisotopic (exact) mass is 426 g/mol. The Kier molecular flexibility index (Phi) is 5.92. The van der Waals surface area contributed by atoms with E-state index in [2.05, 4.69) is 37.7 Å². The summed E-state index contributed by atoms with van der Waals surface area (Å²) in [5.74, 6) is 0.831. The van der Waals surface area contributed by atoms with Crippen LogP contribution in [0.4, 0.5) is 11.5 Å². The highest BCUT2D eigenvalue weighted by atomic mass is 32.1. The van der Waals surface area contributed by atoms with Gasteiger partial charge in [-0.2, -0.15) is 4.37 Å². The van der Waals surface area contributed by atoms with Crippen LogP contribution in [0.25, 0.3) is 10.1 Å². The molecule has 1 fully saturated rings. The maximum atomic E-state index is 11.4. The first-order valence-electron chi connectivity index (χ1n) is 9.45. The van der Waals surface area contributed by atoms with Crippen LogP contribution in [0.3, 0.4) is 0 Å². The van der Waals surface area contributed by atoms with Crippen molar-refractivity contribution in [3.63, 3.8) is 0 Å². The number of hydrogen-bond acceptors (Lipinski definition) is 6. The standard InChI is InChI=1S/C21H22N4O2S2/c1-27-19(26)14-15-6-8-16(9-7-15)22-21(28)25-12-10-24(11-13-25)20-17-4-2-3-5-18(17)29-23-20/h2-9H,10-14H2,1H3,(H,22,28). The van der Waals surface area contributed by atoms with Crippen LogP contribution in [0.2, 0.25) is 0 Å². The molecule has 0 bridgehead atoms. The predicted octanol–water partition coefficient (Wildman–Crippen LogP) is 3.53. The Bertz CT molecular complexity index is 1010. The molecule has 1 aliphatic rings. The van der Waals surface area contributed by atoms with Gasteiger partial charge in [-0.3, -0.25) is 4.79 Å². The van der Waals surface area contributed by atoms with E-state index >= 15 is 0 Å². The fraction of sp³-hybridized carbons (Fsp3) is 0.286. The van der Waals surface area contributed by atoms with E-state index in [4.69, 9.17) is 17.0 Å². The molecule has 1 saturated heterocycles. The van der Waals surface area contributed by atoms with Crippen LogP contribution in [-0.4, -0.2) is 53.6 Å². The van der Waals surface area contributed by atoms with Gasteiger partial charge in [0.25, 0.3) is 0 Å². The maximum Gasteiger partial charge on any atom is 0.309 e. The Morgan fingerprint density at radius 2 is 1.86 bits per heavy atom. The minimum absolute atomic E-state index is 0.244. The number of rotatable bonds is 4. The Morgan fingerprint density at radius 3 is 2.59 bits per heavy atom. The first-order valence-corrected chi connectivity index (χ1v) is 10.6. The van der Waals surface area contributed by atoms with Crippen molar-refractivity contribution in [2.24, 2.45) is 0 Å². The smallest absolute Gasteiger partial charge is 0.309 e. The second-order valence-corrected chi connectivity index (χ2v) is 8.05. The summed E-state index contributed by atoms with van der Waals surface area (Å²) in [5, 5.41) is 5.23. The summed E-state index contributed by atoms with van der Waals surface area (Å²) >= 11 is 7.15. The van der Waals surface area contributed by atoms with Gasteiger partial charge < -0.3 is 19.9 Å².